The third-order valence-corrected chi connectivity index (χ3v) is 3.33. The molecule has 0 amide bonds. The fraction of sp³-hybridized carbons (Fsp3) is 0.118. The number of pyridine rings is 1. The van der Waals surface area contributed by atoms with Gasteiger partial charge in [-0.2, -0.15) is 0 Å². The zero-order valence-electron chi connectivity index (χ0n) is 10.7. The van der Waals surface area contributed by atoms with E-state index < -0.39 is 6.10 Å². The van der Waals surface area contributed by atoms with Gasteiger partial charge in [-0.1, -0.05) is 48.0 Å². The molecule has 2 heteroatoms. The number of hydrogen-bond donors (Lipinski definition) is 1. The van der Waals surface area contributed by atoms with Crippen LogP contribution >= 0.6 is 0 Å². The first-order chi connectivity index (χ1) is 9.25. The molecule has 0 aliphatic heterocycles. The van der Waals surface area contributed by atoms with Crippen LogP contribution in [0.1, 0.15) is 22.8 Å². The van der Waals surface area contributed by atoms with Gasteiger partial charge in [0.05, 0.1) is 5.52 Å². The van der Waals surface area contributed by atoms with Crippen molar-refractivity contribution in [1.82, 2.24) is 4.98 Å². The summed E-state index contributed by atoms with van der Waals surface area (Å²) in [7, 11) is 0. The van der Waals surface area contributed by atoms with Crippen molar-refractivity contribution in [3.8, 4) is 0 Å². The second-order valence-electron chi connectivity index (χ2n) is 4.73. The Morgan fingerprint density at radius 3 is 2.68 bits per heavy atom. The first-order valence-electron chi connectivity index (χ1n) is 6.34. The summed E-state index contributed by atoms with van der Waals surface area (Å²) in [5.74, 6) is 0. The van der Waals surface area contributed by atoms with Gasteiger partial charge in [-0.3, -0.25) is 4.98 Å². The van der Waals surface area contributed by atoms with Gasteiger partial charge in [0.1, 0.15) is 6.10 Å². The highest BCUT2D eigenvalue weighted by Gasteiger charge is 2.13. The molecule has 0 aliphatic rings. The summed E-state index contributed by atoms with van der Waals surface area (Å²) in [6.07, 6.45) is 1.15. The molecule has 0 spiro atoms. The summed E-state index contributed by atoms with van der Waals surface area (Å²) in [5.41, 5.74) is 3.87. The second kappa shape index (κ2) is 4.82. The van der Waals surface area contributed by atoms with Crippen LogP contribution in [-0.2, 0) is 0 Å². The van der Waals surface area contributed by atoms with Crippen molar-refractivity contribution < 1.29 is 5.11 Å². The van der Waals surface area contributed by atoms with E-state index >= 15 is 0 Å². The van der Waals surface area contributed by atoms with Crippen LogP contribution in [0.4, 0.5) is 0 Å². The van der Waals surface area contributed by atoms with Gasteiger partial charge in [-0.15, -0.1) is 0 Å². The SMILES string of the molecule is Cc1cccc(C(O)c2cccc3ncccc23)c1. The van der Waals surface area contributed by atoms with Crippen LogP contribution in [-0.4, -0.2) is 10.1 Å². The van der Waals surface area contributed by atoms with Gasteiger partial charge in [-0.05, 0) is 30.2 Å². The molecule has 3 rings (SSSR count). The zero-order valence-corrected chi connectivity index (χ0v) is 10.7. The van der Waals surface area contributed by atoms with E-state index in [2.05, 4.69) is 4.98 Å². The fourth-order valence-electron chi connectivity index (χ4n) is 2.39. The molecule has 2 nitrogen and oxygen atoms in total. The summed E-state index contributed by atoms with van der Waals surface area (Å²) in [6.45, 7) is 2.03. The highest BCUT2D eigenvalue weighted by molar-refractivity contribution is 5.82. The monoisotopic (exact) mass is 249 g/mol. The van der Waals surface area contributed by atoms with Crippen molar-refractivity contribution in [3.63, 3.8) is 0 Å². The Bertz CT molecular complexity index is 716. The maximum atomic E-state index is 10.6. The lowest BCUT2D eigenvalue weighted by atomic mass is 9.97. The van der Waals surface area contributed by atoms with E-state index in [1.807, 2.05) is 61.5 Å². The average molecular weight is 249 g/mol. The number of aryl methyl sites for hydroxylation is 1. The Balaban J connectivity index is 2.14. The first-order valence-corrected chi connectivity index (χ1v) is 6.34. The largest absolute Gasteiger partial charge is 0.384 e. The first kappa shape index (κ1) is 11.9. The van der Waals surface area contributed by atoms with Crippen molar-refractivity contribution in [1.29, 1.82) is 0 Å². The van der Waals surface area contributed by atoms with E-state index in [0.717, 1.165) is 27.6 Å². The molecule has 2 aromatic carbocycles. The molecule has 3 aromatic rings. The van der Waals surface area contributed by atoms with Gasteiger partial charge in [-0.25, -0.2) is 0 Å². The van der Waals surface area contributed by atoms with Crippen LogP contribution in [0.15, 0.2) is 60.8 Å². The van der Waals surface area contributed by atoms with Crippen LogP contribution < -0.4 is 0 Å². The lowest BCUT2D eigenvalue weighted by Gasteiger charge is -2.14. The number of aliphatic hydroxyl groups excluding tert-OH is 1. The molecule has 0 bridgehead atoms. The molecule has 0 saturated heterocycles. The highest BCUT2D eigenvalue weighted by atomic mass is 16.3. The average Bonchev–Trinajstić information content (AvgIpc) is 2.46. The van der Waals surface area contributed by atoms with Gasteiger partial charge >= 0.3 is 0 Å². The molecule has 0 saturated carbocycles. The lowest BCUT2D eigenvalue weighted by molar-refractivity contribution is 0.222. The molecule has 0 radical (unpaired) electrons. The number of benzene rings is 2. The van der Waals surface area contributed by atoms with Gasteiger partial charge in [0.15, 0.2) is 0 Å². The predicted molar refractivity (Wildman–Crippen MR) is 77.0 cm³/mol. The molecular formula is C17H15NO. The van der Waals surface area contributed by atoms with E-state index in [1.165, 1.54) is 0 Å². The van der Waals surface area contributed by atoms with Gasteiger partial charge in [0.25, 0.3) is 0 Å². The fourth-order valence-corrected chi connectivity index (χ4v) is 2.39. The van der Waals surface area contributed by atoms with Crippen molar-refractivity contribution in [2.24, 2.45) is 0 Å². The van der Waals surface area contributed by atoms with Gasteiger partial charge < -0.3 is 5.11 Å². The molecule has 0 aliphatic carbocycles. The normalized spacial score (nSPS) is 12.5. The maximum absolute atomic E-state index is 10.6. The van der Waals surface area contributed by atoms with Crippen LogP contribution in [0.25, 0.3) is 10.9 Å². The van der Waals surface area contributed by atoms with E-state index in [0.29, 0.717) is 0 Å². The Morgan fingerprint density at radius 1 is 1.00 bits per heavy atom. The number of rotatable bonds is 2. The molecule has 94 valence electrons. The van der Waals surface area contributed by atoms with Crippen LogP contribution in [0.3, 0.4) is 0 Å². The van der Waals surface area contributed by atoms with Crippen molar-refractivity contribution in [3.05, 3.63) is 77.5 Å². The standard InChI is InChI=1S/C17H15NO/c1-12-5-2-6-13(11-12)17(19)15-7-3-9-16-14(15)8-4-10-18-16/h2-11,17,19H,1H3. The quantitative estimate of drug-likeness (QED) is 0.752. The topological polar surface area (TPSA) is 33.1 Å². The number of nitrogens with zero attached hydrogens (tertiary/aromatic N) is 1. The van der Waals surface area contributed by atoms with Crippen LogP contribution in [0.2, 0.25) is 0 Å². The zero-order chi connectivity index (χ0) is 13.2. The summed E-state index contributed by atoms with van der Waals surface area (Å²) in [5, 5.41) is 11.6. The minimum Gasteiger partial charge on any atom is -0.384 e. The molecule has 19 heavy (non-hydrogen) atoms. The molecule has 1 unspecified atom stereocenters. The summed E-state index contributed by atoms with van der Waals surface area (Å²) in [4.78, 5) is 4.32. The minimum absolute atomic E-state index is 0.618. The Labute approximate surface area is 112 Å². The van der Waals surface area contributed by atoms with E-state index in [9.17, 15) is 5.11 Å². The number of hydrogen-bond acceptors (Lipinski definition) is 2. The van der Waals surface area contributed by atoms with Gasteiger partial charge in [0, 0.05) is 11.6 Å². The van der Waals surface area contributed by atoms with E-state index in [4.69, 9.17) is 0 Å². The van der Waals surface area contributed by atoms with Crippen molar-refractivity contribution >= 4 is 10.9 Å². The van der Waals surface area contributed by atoms with Crippen LogP contribution in [0.5, 0.6) is 0 Å². The molecule has 1 heterocycles. The molecule has 1 N–H and O–H groups in total. The number of fused-ring (bicyclic) bond motifs is 1. The van der Waals surface area contributed by atoms with E-state index in [1.54, 1.807) is 6.20 Å². The smallest absolute Gasteiger partial charge is 0.105 e. The van der Waals surface area contributed by atoms with Gasteiger partial charge in [0.2, 0.25) is 0 Å². The summed E-state index contributed by atoms with van der Waals surface area (Å²) >= 11 is 0. The minimum atomic E-state index is -0.618. The van der Waals surface area contributed by atoms with Crippen molar-refractivity contribution in [2.75, 3.05) is 0 Å². The number of aliphatic hydroxyl groups is 1. The van der Waals surface area contributed by atoms with E-state index in [-0.39, 0.29) is 0 Å². The van der Waals surface area contributed by atoms with Crippen LogP contribution in [0, 0.1) is 6.92 Å². The molecule has 1 aromatic heterocycles. The third kappa shape index (κ3) is 2.23. The molecule has 1 atom stereocenters. The Hall–Kier alpha value is -2.19. The molecular weight excluding hydrogens is 234 g/mol. The number of aromatic nitrogens is 1. The maximum Gasteiger partial charge on any atom is 0.105 e. The predicted octanol–water partition coefficient (Wildman–Crippen LogP) is 3.62. The highest BCUT2D eigenvalue weighted by Crippen LogP contribution is 2.28. The lowest BCUT2D eigenvalue weighted by Crippen LogP contribution is -2.01. The Morgan fingerprint density at radius 2 is 1.84 bits per heavy atom. The second-order valence-corrected chi connectivity index (χ2v) is 4.73. The third-order valence-electron chi connectivity index (χ3n) is 3.33. The Kier molecular flexibility index (Phi) is 3.02. The molecule has 0 fully saturated rings. The van der Waals surface area contributed by atoms with Crippen molar-refractivity contribution in [2.45, 2.75) is 13.0 Å². The summed E-state index contributed by atoms with van der Waals surface area (Å²) < 4.78 is 0. The summed E-state index contributed by atoms with van der Waals surface area (Å²) in [6, 6.07) is 17.7.